The van der Waals surface area contributed by atoms with E-state index in [0.717, 1.165) is 51.7 Å². The molecule has 0 aromatic heterocycles. The Bertz CT molecular complexity index is 797. The van der Waals surface area contributed by atoms with E-state index in [1.165, 1.54) is 20.1 Å². The Balaban J connectivity index is 2.22. The lowest BCUT2D eigenvalue weighted by molar-refractivity contribution is -0.129. The minimum absolute atomic E-state index is 0.0257. The fourth-order valence-corrected chi connectivity index (χ4v) is 4.02. The van der Waals surface area contributed by atoms with Crippen LogP contribution in [0.15, 0.2) is 29.5 Å². The van der Waals surface area contributed by atoms with Gasteiger partial charge >= 0.3 is 0 Å². The highest BCUT2D eigenvalue weighted by Crippen LogP contribution is 2.40. The lowest BCUT2D eigenvalue weighted by atomic mass is 9.96. The van der Waals surface area contributed by atoms with Gasteiger partial charge in [-0.15, -0.1) is 0 Å². The zero-order valence-corrected chi connectivity index (χ0v) is 19.2. The molecule has 1 amide bonds. The number of carbonyl (C=O) groups excluding carboxylic acids is 2. The van der Waals surface area contributed by atoms with Crippen molar-refractivity contribution in [3.8, 4) is 11.5 Å². The van der Waals surface area contributed by atoms with E-state index in [0.29, 0.717) is 12.1 Å². The van der Waals surface area contributed by atoms with Crippen molar-refractivity contribution in [1.82, 2.24) is 9.80 Å². The molecule has 7 heteroatoms. The number of aliphatic hydroxyl groups excluding tert-OH is 1. The minimum Gasteiger partial charge on any atom is -0.504 e. The molecule has 0 radical (unpaired) electrons. The molecule has 0 spiro atoms. The van der Waals surface area contributed by atoms with E-state index in [1.54, 1.807) is 17.0 Å². The van der Waals surface area contributed by atoms with Gasteiger partial charge in [0.2, 0.25) is 0 Å². The average molecular weight is 433 g/mol. The van der Waals surface area contributed by atoms with Crippen molar-refractivity contribution in [2.75, 3.05) is 33.3 Å². The van der Waals surface area contributed by atoms with Crippen molar-refractivity contribution in [3.05, 3.63) is 35.1 Å². The molecule has 31 heavy (non-hydrogen) atoms. The highest BCUT2D eigenvalue weighted by Gasteiger charge is 2.42. The largest absolute Gasteiger partial charge is 0.504 e. The summed E-state index contributed by atoms with van der Waals surface area (Å²) in [4.78, 5) is 29.1. The second-order valence-electron chi connectivity index (χ2n) is 8.05. The predicted molar refractivity (Wildman–Crippen MR) is 120 cm³/mol. The molecule has 1 aromatic carbocycles. The van der Waals surface area contributed by atoms with Gasteiger partial charge in [-0.25, -0.2) is 0 Å². The predicted octanol–water partition coefficient (Wildman–Crippen LogP) is 3.98. The van der Waals surface area contributed by atoms with Crippen LogP contribution in [0.1, 0.15) is 64.5 Å². The van der Waals surface area contributed by atoms with Crippen LogP contribution in [-0.2, 0) is 9.59 Å². The molecule has 1 unspecified atom stereocenters. The molecule has 0 bridgehead atoms. The second-order valence-corrected chi connectivity index (χ2v) is 8.05. The molecular formula is C24H36N2O5. The molecule has 1 atom stereocenters. The first-order valence-corrected chi connectivity index (χ1v) is 11.2. The van der Waals surface area contributed by atoms with Crippen LogP contribution in [-0.4, -0.2) is 65.0 Å². The molecule has 172 valence electrons. The van der Waals surface area contributed by atoms with E-state index >= 15 is 0 Å². The SMILES string of the molecule is CCCCN(CCCC)CCCN1C(=O)C(O)=C(C(C)=O)C1c1ccc(O)c(OC)c1. The highest BCUT2D eigenvalue weighted by molar-refractivity contribution is 6.08. The fraction of sp³-hybridized carbons (Fsp3) is 0.583. The Morgan fingerprint density at radius 1 is 1.10 bits per heavy atom. The zero-order chi connectivity index (χ0) is 23.0. The number of hydrogen-bond acceptors (Lipinski definition) is 6. The molecule has 0 saturated carbocycles. The number of nitrogens with zero attached hydrogens (tertiary/aromatic N) is 2. The van der Waals surface area contributed by atoms with Gasteiger partial charge in [-0.05, 0) is 63.5 Å². The van der Waals surface area contributed by atoms with Crippen LogP contribution in [0.25, 0.3) is 0 Å². The molecule has 1 aromatic rings. The number of phenols is 1. The Morgan fingerprint density at radius 3 is 2.26 bits per heavy atom. The summed E-state index contributed by atoms with van der Waals surface area (Å²) in [7, 11) is 1.44. The fourth-order valence-electron chi connectivity index (χ4n) is 4.02. The van der Waals surface area contributed by atoms with E-state index in [4.69, 9.17) is 4.74 Å². The summed E-state index contributed by atoms with van der Waals surface area (Å²) in [5, 5.41) is 20.4. The normalized spacial score (nSPS) is 16.5. The number of methoxy groups -OCH3 is 1. The first kappa shape index (κ1) is 24.7. The molecule has 2 rings (SSSR count). The number of unbranched alkanes of at least 4 members (excludes halogenated alkanes) is 2. The number of hydrogen-bond donors (Lipinski definition) is 2. The summed E-state index contributed by atoms with van der Waals surface area (Å²) in [6.07, 6.45) is 5.29. The number of phenolic OH excluding ortho intramolecular Hbond substituents is 1. The van der Waals surface area contributed by atoms with Gasteiger partial charge in [0.05, 0.1) is 18.7 Å². The van der Waals surface area contributed by atoms with E-state index < -0.39 is 17.7 Å². The van der Waals surface area contributed by atoms with Gasteiger partial charge in [0, 0.05) is 6.54 Å². The Kier molecular flexibility index (Phi) is 9.37. The average Bonchev–Trinajstić information content (AvgIpc) is 3.00. The molecule has 0 aliphatic carbocycles. The van der Waals surface area contributed by atoms with Gasteiger partial charge in [0.1, 0.15) is 0 Å². The summed E-state index contributed by atoms with van der Waals surface area (Å²) < 4.78 is 5.19. The van der Waals surface area contributed by atoms with Crippen molar-refractivity contribution in [2.45, 2.75) is 58.9 Å². The number of ether oxygens (including phenoxy) is 1. The Hall–Kier alpha value is -2.54. The van der Waals surface area contributed by atoms with Crippen molar-refractivity contribution in [1.29, 1.82) is 0 Å². The number of ketones is 1. The smallest absolute Gasteiger partial charge is 0.290 e. The van der Waals surface area contributed by atoms with Gasteiger partial charge in [-0.3, -0.25) is 9.59 Å². The number of carbonyl (C=O) groups is 2. The number of Topliss-reactive ketones (excluding diaryl/α,β-unsaturated/α-hetero) is 1. The third kappa shape index (κ3) is 6.00. The van der Waals surface area contributed by atoms with E-state index in [2.05, 4.69) is 18.7 Å². The molecular weight excluding hydrogens is 396 g/mol. The molecule has 1 heterocycles. The van der Waals surface area contributed by atoms with Crippen LogP contribution in [0.5, 0.6) is 11.5 Å². The van der Waals surface area contributed by atoms with Crippen molar-refractivity contribution in [2.24, 2.45) is 0 Å². The number of rotatable bonds is 13. The van der Waals surface area contributed by atoms with Gasteiger partial charge in [0.25, 0.3) is 5.91 Å². The second kappa shape index (κ2) is 11.7. The molecule has 0 fully saturated rings. The number of amides is 1. The van der Waals surface area contributed by atoms with Crippen LogP contribution in [0, 0.1) is 0 Å². The van der Waals surface area contributed by atoms with Gasteiger partial charge < -0.3 is 24.7 Å². The number of aromatic hydroxyl groups is 1. The first-order chi connectivity index (χ1) is 14.8. The number of aliphatic hydroxyl groups is 1. The van der Waals surface area contributed by atoms with Crippen LogP contribution in [0.2, 0.25) is 0 Å². The van der Waals surface area contributed by atoms with Crippen molar-refractivity contribution < 1.29 is 24.5 Å². The minimum atomic E-state index is -0.695. The monoisotopic (exact) mass is 432 g/mol. The Morgan fingerprint density at radius 2 is 1.71 bits per heavy atom. The van der Waals surface area contributed by atoms with Crippen molar-refractivity contribution in [3.63, 3.8) is 0 Å². The molecule has 0 saturated heterocycles. The zero-order valence-electron chi connectivity index (χ0n) is 19.2. The van der Waals surface area contributed by atoms with Gasteiger partial charge in [-0.1, -0.05) is 32.8 Å². The highest BCUT2D eigenvalue weighted by atomic mass is 16.5. The van der Waals surface area contributed by atoms with Crippen LogP contribution >= 0.6 is 0 Å². The maximum absolute atomic E-state index is 12.8. The first-order valence-electron chi connectivity index (χ1n) is 11.2. The van der Waals surface area contributed by atoms with Crippen LogP contribution in [0.4, 0.5) is 0 Å². The summed E-state index contributed by atoms with van der Waals surface area (Å²) in [5.74, 6) is -1.14. The maximum Gasteiger partial charge on any atom is 0.290 e. The lowest BCUT2D eigenvalue weighted by Gasteiger charge is -2.28. The maximum atomic E-state index is 12.8. The van der Waals surface area contributed by atoms with E-state index in [-0.39, 0.29) is 22.9 Å². The third-order valence-corrected chi connectivity index (χ3v) is 5.73. The van der Waals surface area contributed by atoms with Crippen LogP contribution in [0.3, 0.4) is 0 Å². The van der Waals surface area contributed by atoms with E-state index in [9.17, 15) is 19.8 Å². The van der Waals surface area contributed by atoms with Gasteiger partial charge in [-0.2, -0.15) is 0 Å². The topological polar surface area (TPSA) is 90.3 Å². The summed E-state index contributed by atoms with van der Waals surface area (Å²) in [6, 6.07) is 4.04. The lowest BCUT2D eigenvalue weighted by Crippen LogP contribution is -2.35. The summed E-state index contributed by atoms with van der Waals surface area (Å²) in [6.45, 7) is 9.04. The number of benzene rings is 1. The quantitative estimate of drug-likeness (QED) is 0.490. The molecule has 1 aliphatic rings. The summed E-state index contributed by atoms with van der Waals surface area (Å²) >= 11 is 0. The molecule has 7 nitrogen and oxygen atoms in total. The van der Waals surface area contributed by atoms with Crippen LogP contribution < -0.4 is 4.74 Å². The standard InChI is InChI=1S/C24H36N2O5/c1-5-7-12-25(13-8-6-2)14-9-15-26-22(21(17(3)27)23(29)24(26)30)18-10-11-19(28)20(16-18)31-4/h10-11,16,22,28-29H,5-9,12-15H2,1-4H3. The molecule has 1 aliphatic heterocycles. The van der Waals surface area contributed by atoms with Gasteiger partial charge in [0.15, 0.2) is 23.0 Å². The van der Waals surface area contributed by atoms with E-state index in [1.807, 2.05) is 0 Å². The molecule has 2 N–H and O–H groups in total. The third-order valence-electron chi connectivity index (χ3n) is 5.73. The summed E-state index contributed by atoms with van der Waals surface area (Å²) in [5.41, 5.74) is 0.706. The Labute approximate surface area is 185 Å². The van der Waals surface area contributed by atoms with Crippen molar-refractivity contribution >= 4 is 11.7 Å².